The van der Waals surface area contributed by atoms with Gasteiger partial charge in [0.1, 0.15) is 5.82 Å². The molecule has 2 aromatic rings. The Morgan fingerprint density at radius 1 is 1.22 bits per heavy atom. The van der Waals surface area contributed by atoms with Crippen molar-refractivity contribution < 1.29 is 9.18 Å². The van der Waals surface area contributed by atoms with E-state index in [0.717, 1.165) is 4.47 Å². The highest BCUT2D eigenvalue weighted by molar-refractivity contribution is 9.10. The van der Waals surface area contributed by atoms with Gasteiger partial charge in [-0.15, -0.1) is 0 Å². The van der Waals surface area contributed by atoms with Gasteiger partial charge in [0, 0.05) is 21.5 Å². The first-order valence-electron chi connectivity index (χ1n) is 5.28. The van der Waals surface area contributed by atoms with E-state index in [1.807, 2.05) is 0 Å². The van der Waals surface area contributed by atoms with Crippen molar-refractivity contribution in [2.45, 2.75) is 6.42 Å². The molecule has 0 unspecified atom stereocenters. The summed E-state index contributed by atoms with van der Waals surface area (Å²) in [5.41, 5.74) is 1.16. The van der Waals surface area contributed by atoms with Crippen molar-refractivity contribution >= 4 is 33.3 Å². The van der Waals surface area contributed by atoms with Crippen LogP contribution in [-0.2, 0) is 6.42 Å². The van der Waals surface area contributed by atoms with Crippen LogP contribution in [0.2, 0.25) is 5.02 Å². The van der Waals surface area contributed by atoms with Crippen LogP contribution in [0.15, 0.2) is 46.9 Å². The highest BCUT2D eigenvalue weighted by atomic mass is 79.9. The summed E-state index contributed by atoms with van der Waals surface area (Å²) in [5.74, 6) is -0.434. The number of ketones is 1. The van der Waals surface area contributed by atoms with E-state index in [1.54, 1.807) is 30.3 Å². The molecule has 0 amide bonds. The van der Waals surface area contributed by atoms with Gasteiger partial charge in [-0.25, -0.2) is 4.39 Å². The fourth-order valence-corrected chi connectivity index (χ4v) is 2.51. The number of carbonyl (C=O) groups excluding carboxylic acids is 1. The minimum absolute atomic E-state index is 0.0937. The first-order valence-corrected chi connectivity index (χ1v) is 6.45. The predicted molar refractivity (Wildman–Crippen MR) is 73.6 cm³/mol. The fraction of sp³-hybridized carbons (Fsp3) is 0.0714. The standard InChI is InChI=1S/C14H9BrClFO/c15-11-6-10(7-12(16)8-11)14(18)5-9-2-1-3-13(17)4-9/h1-4,6-8H,5H2. The van der Waals surface area contributed by atoms with Crippen LogP contribution in [-0.4, -0.2) is 5.78 Å². The SMILES string of the molecule is O=C(Cc1cccc(F)c1)c1cc(Cl)cc(Br)c1. The number of halogens is 3. The number of Topliss-reactive ketones (excluding diaryl/α,β-unsaturated/α-hetero) is 1. The molecule has 0 aliphatic carbocycles. The Bertz CT molecular complexity index is 578. The van der Waals surface area contributed by atoms with Gasteiger partial charge in [0.05, 0.1) is 0 Å². The van der Waals surface area contributed by atoms with Crippen LogP contribution in [0.3, 0.4) is 0 Å². The summed E-state index contributed by atoms with van der Waals surface area (Å²) in [5, 5.41) is 0.493. The Kier molecular flexibility index (Phi) is 4.15. The van der Waals surface area contributed by atoms with Crippen LogP contribution in [0.5, 0.6) is 0 Å². The molecule has 4 heteroatoms. The lowest BCUT2D eigenvalue weighted by Crippen LogP contribution is -2.03. The van der Waals surface area contributed by atoms with E-state index in [2.05, 4.69) is 15.9 Å². The molecule has 0 aliphatic rings. The summed E-state index contributed by atoms with van der Waals surface area (Å²) < 4.78 is 13.8. The smallest absolute Gasteiger partial charge is 0.167 e. The molecule has 18 heavy (non-hydrogen) atoms. The van der Waals surface area contributed by atoms with Crippen molar-refractivity contribution in [3.05, 3.63) is 68.9 Å². The molecule has 0 radical (unpaired) electrons. The zero-order valence-electron chi connectivity index (χ0n) is 9.29. The average Bonchev–Trinajstić information content (AvgIpc) is 2.27. The second-order valence-corrected chi connectivity index (χ2v) is 5.24. The molecule has 0 bridgehead atoms. The maximum absolute atomic E-state index is 13.0. The lowest BCUT2D eigenvalue weighted by Gasteiger charge is -2.03. The van der Waals surface area contributed by atoms with Gasteiger partial charge in [0.25, 0.3) is 0 Å². The first-order chi connectivity index (χ1) is 8.54. The molecule has 0 aliphatic heterocycles. The third kappa shape index (κ3) is 3.40. The molecule has 2 aromatic carbocycles. The first kappa shape index (κ1) is 13.2. The normalized spacial score (nSPS) is 10.4. The Morgan fingerprint density at radius 2 is 2.00 bits per heavy atom. The summed E-state index contributed by atoms with van der Waals surface area (Å²) in [6.45, 7) is 0. The number of hydrogen-bond donors (Lipinski definition) is 0. The van der Waals surface area contributed by atoms with Gasteiger partial charge in [-0.2, -0.15) is 0 Å². The average molecular weight is 328 g/mol. The third-order valence-corrected chi connectivity index (χ3v) is 3.11. The maximum Gasteiger partial charge on any atom is 0.167 e. The van der Waals surface area contributed by atoms with Gasteiger partial charge >= 0.3 is 0 Å². The molecule has 0 heterocycles. The minimum Gasteiger partial charge on any atom is -0.294 e. The quantitative estimate of drug-likeness (QED) is 0.749. The summed E-state index contributed by atoms with van der Waals surface area (Å²) in [4.78, 5) is 12.0. The molecule has 1 nitrogen and oxygen atoms in total. The number of hydrogen-bond acceptors (Lipinski definition) is 1. The zero-order valence-corrected chi connectivity index (χ0v) is 11.6. The summed E-state index contributed by atoms with van der Waals surface area (Å²) in [6, 6.07) is 11.0. The minimum atomic E-state index is -0.340. The molecular formula is C14H9BrClFO. The molecule has 0 aromatic heterocycles. The monoisotopic (exact) mass is 326 g/mol. The number of rotatable bonds is 3. The number of benzene rings is 2. The van der Waals surface area contributed by atoms with E-state index < -0.39 is 0 Å². The fourth-order valence-electron chi connectivity index (χ4n) is 1.65. The van der Waals surface area contributed by atoms with Gasteiger partial charge in [0.15, 0.2) is 5.78 Å². The van der Waals surface area contributed by atoms with Crippen LogP contribution in [0.4, 0.5) is 4.39 Å². The third-order valence-electron chi connectivity index (χ3n) is 2.44. The van der Waals surface area contributed by atoms with Gasteiger partial charge in [0.2, 0.25) is 0 Å². The zero-order chi connectivity index (χ0) is 13.1. The largest absolute Gasteiger partial charge is 0.294 e. The molecule has 0 saturated heterocycles. The topological polar surface area (TPSA) is 17.1 Å². The molecule has 0 spiro atoms. The summed E-state index contributed by atoms with van der Waals surface area (Å²) >= 11 is 9.16. The van der Waals surface area contributed by atoms with Crippen LogP contribution in [0.1, 0.15) is 15.9 Å². The van der Waals surface area contributed by atoms with E-state index in [4.69, 9.17) is 11.6 Å². The Labute approximate surface area is 118 Å². The van der Waals surface area contributed by atoms with Crippen molar-refractivity contribution in [3.63, 3.8) is 0 Å². The van der Waals surface area contributed by atoms with Gasteiger partial charge < -0.3 is 0 Å². The van der Waals surface area contributed by atoms with Crippen LogP contribution < -0.4 is 0 Å². The van der Waals surface area contributed by atoms with Gasteiger partial charge in [-0.3, -0.25) is 4.79 Å². The second-order valence-electron chi connectivity index (χ2n) is 3.89. The Hall–Kier alpha value is -1.19. The van der Waals surface area contributed by atoms with E-state index in [9.17, 15) is 9.18 Å². The predicted octanol–water partition coefficient (Wildman–Crippen LogP) is 4.67. The molecule has 0 atom stereocenters. The van der Waals surface area contributed by atoms with Crippen molar-refractivity contribution in [2.75, 3.05) is 0 Å². The molecular weight excluding hydrogens is 319 g/mol. The summed E-state index contributed by atoms with van der Waals surface area (Å²) in [6.07, 6.45) is 0.157. The van der Waals surface area contributed by atoms with Crippen LogP contribution >= 0.6 is 27.5 Å². The molecule has 2 rings (SSSR count). The van der Waals surface area contributed by atoms with Gasteiger partial charge in [-0.1, -0.05) is 39.7 Å². The Balaban J connectivity index is 2.22. The summed E-state index contributed by atoms with van der Waals surface area (Å²) in [7, 11) is 0. The van der Waals surface area contributed by atoms with Gasteiger partial charge in [-0.05, 0) is 35.9 Å². The molecule has 92 valence electrons. The van der Waals surface area contributed by atoms with Crippen molar-refractivity contribution in [1.29, 1.82) is 0 Å². The molecule has 0 N–H and O–H groups in total. The Morgan fingerprint density at radius 3 is 2.67 bits per heavy atom. The van der Waals surface area contributed by atoms with Crippen molar-refractivity contribution in [3.8, 4) is 0 Å². The van der Waals surface area contributed by atoms with E-state index in [0.29, 0.717) is 16.1 Å². The lowest BCUT2D eigenvalue weighted by molar-refractivity contribution is 0.0993. The van der Waals surface area contributed by atoms with E-state index in [1.165, 1.54) is 12.1 Å². The van der Waals surface area contributed by atoms with Crippen LogP contribution in [0, 0.1) is 5.82 Å². The van der Waals surface area contributed by atoms with Crippen molar-refractivity contribution in [2.24, 2.45) is 0 Å². The van der Waals surface area contributed by atoms with Crippen molar-refractivity contribution in [1.82, 2.24) is 0 Å². The number of carbonyl (C=O) groups is 1. The molecule has 0 saturated carbocycles. The highest BCUT2D eigenvalue weighted by Crippen LogP contribution is 2.21. The van der Waals surface area contributed by atoms with E-state index >= 15 is 0 Å². The second kappa shape index (κ2) is 5.63. The van der Waals surface area contributed by atoms with E-state index in [-0.39, 0.29) is 18.0 Å². The maximum atomic E-state index is 13.0. The lowest BCUT2D eigenvalue weighted by atomic mass is 10.0. The highest BCUT2D eigenvalue weighted by Gasteiger charge is 2.09. The molecule has 0 fully saturated rings. The van der Waals surface area contributed by atoms with Crippen LogP contribution in [0.25, 0.3) is 0 Å².